The topological polar surface area (TPSA) is 63.4 Å². The van der Waals surface area contributed by atoms with Gasteiger partial charge in [0, 0.05) is 18.3 Å². The zero-order valence-corrected chi connectivity index (χ0v) is 13.3. The molecule has 1 heterocycles. The molecule has 112 valence electrons. The molecule has 1 saturated heterocycles. The first-order chi connectivity index (χ1) is 9.35. The van der Waals surface area contributed by atoms with Gasteiger partial charge in [0.1, 0.15) is 0 Å². The minimum absolute atomic E-state index is 0.0581. The van der Waals surface area contributed by atoms with E-state index < -0.39 is 10.0 Å². The highest BCUT2D eigenvalue weighted by Gasteiger charge is 2.32. The fourth-order valence-corrected chi connectivity index (χ4v) is 5.12. The summed E-state index contributed by atoms with van der Waals surface area (Å²) < 4.78 is 27.7. The summed E-state index contributed by atoms with van der Waals surface area (Å²) >= 11 is 0. The average Bonchev–Trinajstić information content (AvgIpc) is 2.59. The van der Waals surface area contributed by atoms with Crippen molar-refractivity contribution >= 4 is 15.7 Å². The van der Waals surface area contributed by atoms with Gasteiger partial charge in [0.2, 0.25) is 10.0 Å². The number of nitrogen functional groups attached to an aromatic ring is 1. The Labute approximate surface area is 122 Å². The largest absolute Gasteiger partial charge is 0.398 e. The van der Waals surface area contributed by atoms with E-state index in [4.69, 9.17) is 5.73 Å². The first-order valence-electron chi connectivity index (χ1n) is 7.23. The standard InChI is InChI=1S/C15H24N2O2S/c1-11-8-9-14(16)13(3)15(11)20(18,19)17-10-6-4-5-7-12(17)2/h8-9,12H,4-7,10,16H2,1-3H3. The third-order valence-corrected chi connectivity index (χ3v) is 6.51. The average molecular weight is 296 g/mol. The van der Waals surface area contributed by atoms with Crippen LogP contribution in [-0.4, -0.2) is 25.3 Å². The molecule has 1 aliphatic heterocycles. The fraction of sp³-hybridized carbons (Fsp3) is 0.600. The van der Waals surface area contributed by atoms with Gasteiger partial charge in [-0.25, -0.2) is 8.42 Å². The van der Waals surface area contributed by atoms with Gasteiger partial charge < -0.3 is 5.73 Å². The molecule has 1 aromatic carbocycles. The highest BCUT2D eigenvalue weighted by Crippen LogP contribution is 2.30. The monoisotopic (exact) mass is 296 g/mol. The maximum atomic E-state index is 13.0. The zero-order valence-electron chi connectivity index (χ0n) is 12.5. The van der Waals surface area contributed by atoms with Gasteiger partial charge in [-0.2, -0.15) is 4.31 Å². The van der Waals surface area contributed by atoms with E-state index in [0.29, 0.717) is 22.7 Å². The molecule has 1 unspecified atom stereocenters. The smallest absolute Gasteiger partial charge is 0.243 e. The predicted octanol–water partition coefficient (Wildman–Crippen LogP) is 2.84. The summed E-state index contributed by atoms with van der Waals surface area (Å²) in [5.74, 6) is 0. The second-order valence-electron chi connectivity index (χ2n) is 5.74. The van der Waals surface area contributed by atoms with Crippen LogP contribution in [0.1, 0.15) is 43.7 Å². The van der Waals surface area contributed by atoms with E-state index in [2.05, 4.69) is 0 Å². The lowest BCUT2D eigenvalue weighted by Gasteiger charge is -2.28. The van der Waals surface area contributed by atoms with E-state index in [9.17, 15) is 8.42 Å². The number of hydrogen-bond donors (Lipinski definition) is 1. The van der Waals surface area contributed by atoms with Crippen LogP contribution in [0.5, 0.6) is 0 Å². The van der Waals surface area contributed by atoms with E-state index in [1.54, 1.807) is 23.4 Å². The molecule has 0 spiro atoms. The Morgan fingerprint density at radius 2 is 1.90 bits per heavy atom. The van der Waals surface area contributed by atoms with Crippen LogP contribution in [0.25, 0.3) is 0 Å². The number of nitrogens with zero attached hydrogens (tertiary/aromatic N) is 1. The van der Waals surface area contributed by atoms with Crippen LogP contribution in [0.4, 0.5) is 5.69 Å². The predicted molar refractivity (Wildman–Crippen MR) is 82.2 cm³/mol. The van der Waals surface area contributed by atoms with Crippen LogP contribution in [0.15, 0.2) is 17.0 Å². The van der Waals surface area contributed by atoms with E-state index in [0.717, 1.165) is 31.2 Å². The van der Waals surface area contributed by atoms with Gasteiger partial charge in [0.15, 0.2) is 0 Å². The molecule has 0 aromatic heterocycles. The zero-order chi connectivity index (χ0) is 14.9. The molecule has 0 radical (unpaired) electrons. The molecule has 0 bridgehead atoms. The third-order valence-electron chi connectivity index (χ3n) is 4.20. The van der Waals surface area contributed by atoms with Gasteiger partial charge in [-0.1, -0.05) is 18.9 Å². The summed E-state index contributed by atoms with van der Waals surface area (Å²) in [5.41, 5.74) is 7.88. The number of hydrogen-bond acceptors (Lipinski definition) is 3. The van der Waals surface area contributed by atoms with Crippen LogP contribution in [0.3, 0.4) is 0 Å². The Morgan fingerprint density at radius 1 is 1.20 bits per heavy atom. The number of sulfonamides is 1. The van der Waals surface area contributed by atoms with Crippen molar-refractivity contribution in [3.8, 4) is 0 Å². The minimum Gasteiger partial charge on any atom is -0.398 e. The summed E-state index contributed by atoms with van der Waals surface area (Å²) in [6, 6.07) is 3.62. The molecule has 1 fully saturated rings. The van der Waals surface area contributed by atoms with Crippen molar-refractivity contribution in [2.75, 3.05) is 12.3 Å². The summed E-state index contributed by atoms with van der Waals surface area (Å²) in [6.45, 7) is 6.23. The maximum absolute atomic E-state index is 13.0. The van der Waals surface area contributed by atoms with Gasteiger partial charge in [-0.05, 0) is 50.8 Å². The number of rotatable bonds is 2. The second-order valence-corrected chi connectivity index (χ2v) is 7.57. The second kappa shape index (κ2) is 5.74. The van der Waals surface area contributed by atoms with Crippen molar-refractivity contribution in [1.82, 2.24) is 4.31 Å². The summed E-state index contributed by atoms with van der Waals surface area (Å²) in [5, 5.41) is 0. The lowest BCUT2D eigenvalue weighted by Crippen LogP contribution is -2.38. The summed E-state index contributed by atoms with van der Waals surface area (Å²) in [7, 11) is -3.47. The number of anilines is 1. The van der Waals surface area contributed by atoms with Crippen molar-refractivity contribution in [2.24, 2.45) is 0 Å². The molecule has 0 amide bonds. The molecule has 1 aromatic rings. The molecular weight excluding hydrogens is 272 g/mol. The van der Waals surface area contributed by atoms with Crippen LogP contribution in [-0.2, 0) is 10.0 Å². The molecule has 1 atom stereocenters. The van der Waals surface area contributed by atoms with Crippen LogP contribution >= 0.6 is 0 Å². The molecule has 2 rings (SSSR count). The van der Waals surface area contributed by atoms with Crippen molar-refractivity contribution in [3.05, 3.63) is 23.3 Å². The lowest BCUT2D eigenvalue weighted by molar-refractivity contribution is 0.341. The first-order valence-corrected chi connectivity index (χ1v) is 8.67. The quantitative estimate of drug-likeness (QED) is 0.854. The first kappa shape index (κ1) is 15.3. The SMILES string of the molecule is Cc1ccc(N)c(C)c1S(=O)(=O)N1CCCCCC1C. The number of nitrogens with two attached hydrogens (primary N) is 1. The Bertz CT molecular complexity index is 596. The molecule has 5 heteroatoms. The fourth-order valence-electron chi connectivity index (χ4n) is 2.96. The van der Waals surface area contributed by atoms with Gasteiger partial charge in [-0.3, -0.25) is 0 Å². The van der Waals surface area contributed by atoms with Crippen LogP contribution in [0.2, 0.25) is 0 Å². The molecule has 0 aliphatic carbocycles. The van der Waals surface area contributed by atoms with Crippen molar-refractivity contribution in [3.63, 3.8) is 0 Å². The highest BCUT2D eigenvalue weighted by molar-refractivity contribution is 7.89. The van der Waals surface area contributed by atoms with Crippen molar-refractivity contribution in [1.29, 1.82) is 0 Å². The third kappa shape index (κ3) is 2.69. The van der Waals surface area contributed by atoms with E-state index in [-0.39, 0.29) is 6.04 Å². The van der Waals surface area contributed by atoms with E-state index in [1.165, 1.54) is 0 Å². The Morgan fingerprint density at radius 3 is 2.60 bits per heavy atom. The molecule has 0 saturated carbocycles. The molecule has 2 N–H and O–H groups in total. The Kier molecular flexibility index (Phi) is 4.39. The molecule has 4 nitrogen and oxygen atoms in total. The molecule has 20 heavy (non-hydrogen) atoms. The van der Waals surface area contributed by atoms with Crippen molar-refractivity contribution in [2.45, 2.75) is 57.4 Å². The van der Waals surface area contributed by atoms with Gasteiger partial charge >= 0.3 is 0 Å². The molecule has 1 aliphatic rings. The normalized spacial score (nSPS) is 21.6. The van der Waals surface area contributed by atoms with Crippen molar-refractivity contribution < 1.29 is 8.42 Å². The summed E-state index contributed by atoms with van der Waals surface area (Å²) in [6.07, 6.45) is 4.07. The Balaban J connectivity index is 2.52. The summed E-state index contributed by atoms with van der Waals surface area (Å²) in [4.78, 5) is 0.395. The van der Waals surface area contributed by atoms with Crippen LogP contribution in [0, 0.1) is 13.8 Å². The van der Waals surface area contributed by atoms with E-state index >= 15 is 0 Å². The number of benzene rings is 1. The van der Waals surface area contributed by atoms with E-state index in [1.807, 2.05) is 13.8 Å². The van der Waals surface area contributed by atoms with Gasteiger partial charge in [-0.15, -0.1) is 0 Å². The minimum atomic E-state index is -3.47. The lowest BCUT2D eigenvalue weighted by atomic mass is 10.1. The maximum Gasteiger partial charge on any atom is 0.243 e. The van der Waals surface area contributed by atoms with Crippen LogP contribution < -0.4 is 5.73 Å². The highest BCUT2D eigenvalue weighted by atomic mass is 32.2. The van der Waals surface area contributed by atoms with Gasteiger partial charge in [0.25, 0.3) is 0 Å². The Hall–Kier alpha value is -1.07. The van der Waals surface area contributed by atoms with Gasteiger partial charge in [0.05, 0.1) is 4.90 Å². The number of aryl methyl sites for hydroxylation is 1. The molecular formula is C15H24N2O2S.